The molecule has 0 unspecified atom stereocenters. The van der Waals surface area contributed by atoms with Crippen LogP contribution in [0, 0.1) is 5.41 Å². The van der Waals surface area contributed by atoms with Crippen molar-refractivity contribution in [3.05, 3.63) is 35.9 Å². The van der Waals surface area contributed by atoms with Crippen molar-refractivity contribution in [3.8, 4) is 0 Å². The molecule has 1 N–H and O–H groups in total. The summed E-state index contributed by atoms with van der Waals surface area (Å²) in [5.41, 5.74) is 1.93. The molecule has 0 amide bonds. The summed E-state index contributed by atoms with van der Waals surface area (Å²) in [4.78, 5) is 16.0. The lowest BCUT2D eigenvalue weighted by molar-refractivity contribution is -0.137. The van der Waals surface area contributed by atoms with E-state index in [0.717, 1.165) is 19.1 Å². The van der Waals surface area contributed by atoms with Crippen molar-refractivity contribution in [2.75, 3.05) is 32.7 Å². The highest BCUT2D eigenvalue weighted by molar-refractivity contribution is 5.66. The van der Waals surface area contributed by atoms with Gasteiger partial charge in [-0.3, -0.25) is 9.69 Å². The van der Waals surface area contributed by atoms with Crippen molar-refractivity contribution < 1.29 is 9.90 Å². The van der Waals surface area contributed by atoms with E-state index >= 15 is 0 Å². The molecule has 25 heavy (non-hydrogen) atoms. The van der Waals surface area contributed by atoms with Gasteiger partial charge < -0.3 is 10.0 Å². The van der Waals surface area contributed by atoms with Crippen LogP contribution in [0.1, 0.15) is 50.0 Å². The van der Waals surface area contributed by atoms with Gasteiger partial charge in [0.2, 0.25) is 0 Å². The molecule has 1 aromatic carbocycles. The molecule has 4 heteroatoms. The smallest absolute Gasteiger partial charge is 0.304 e. The molecule has 2 heterocycles. The van der Waals surface area contributed by atoms with Crippen LogP contribution in [0.3, 0.4) is 0 Å². The molecule has 1 atom stereocenters. The molecule has 0 aromatic heterocycles. The third-order valence-corrected chi connectivity index (χ3v) is 6.57. The second-order valence-electron chi connectivity index (χ2n) is 8.46. The lowest BCUT2D eigenvalue weighted by Gasteiger charge is -2.50. The minimum absolute atomic E-state index is 0.272. The Morgan fingerprint density at radius 1 is 1.16 bits per heavy atom. The van der Waals surface area contributed by atoms with Gasteiger partial charge >= 0.3 is 5.97 Å². The van der Waals surface area contributed by atoms with Crippen molar-refractivity contribution >= 4 is 5.97 Å². The van der Waals surface area contributed by atoms with E-state index in [0.29, 0.717) is 17.9 Å². The van der Waals surface area contributed by atoms with E-state index in [1.807, 2.05) is 0 Å². The Hall–Kier alpha value is -1.39. The molecular formula is C21H30N2O2. The fourth-order valence-corrected chi connectivity index (χ4v) is 4.96. The molecule has 136 valence electrons. The van der Waals surface area contributed by atoms with Crippen LogP contribution in [0.2, 0.25) is 0 Å². The number of rotatable bonds is 5. The van der Waals surface area contributed by atoms with Crippen LogP contribution in [0.4, 0.5) is 0 Å². The maximum atomic E-state index is 10.8. The largest absolute Gasteiger partial charge is 0.481 e. The lowest BCUT2D eigenvalue weighted by atomic mass is 9.68. The monoisotopic (exact) mass is 342 g/mol. The molecule has 4 rings (SSSR count). The summed E-state index contributed by atoms with van der Waals surface area (Å²) in [6.45, 7) is 5.31. The minimum atomic E-state index is -0.679. The van der Waals surface area contributed by atoms with Crippen LogP contribution in [0.15, 0.2) is 30.3 Å². The maximum Gasteiger partial charge on any atom is 0.304 e. The average molecular weight is 342 g/mol. The summed E-state index contributed by atoms with van der Waals surface area (Å²) in [7, 11) is 0. The second-order valence-corrected chi connectivity index (χ2v) is 8.46. The van der Waals surface area contributed by atoms with E-state index in [2.05, 4.69) is 40.1 Å². The number of benzene rings is 1. The Bertz CT molecular complexity index is 591. The Balaban J connectivity index is 1.44. The van der Waals surface area contributed by atoms with Gasteiger partial charge in [-0.15, -0.1) is 0 Å². The number of carbonyl (C=O) groups is 1. The Morgan fingerprint density at radius 3 is 2.52 bits per heavy atom. The molecule has 1 saturated carbocycles. The molecule has 4 nitrogen and oxygen atoms in total. The Kier molecular flexibility index (Phi) is 4.83. The minimum Gasteiger partial charge on any atom is -0.481 e. The fourth-order valence-electron chi connectivity index (χ4n) is 4.96. The number of carboxylic acids is 1. The van der Waals surface area contributed by atoms with Crippen molar-refractivity contribution in [1.82, 2.24) is 9.80 Å². The lowest BCUT2D eigenvalue weighted by Crippen LogP contribution is -2.52. The van der Waals surface area contributed by atoms with E-state index in [9.17, 15) is 4.79 Å². The highest BCUT2D eigenvalue weighted by Crippen LogP contribution is 2.47. The quantitative estimate of drug-likeness (QED) is 0.892. The molecule has 3 aliphatic rings. The normalized spacial score (nSPS) is 27.4. The first kappa shape index (κ1) is 17.0. The third-order valence-electron chi connectivity index (χ3n) is 6.57. The number of likely N-dealkylation sites (tertiary alicyclic amines) is 2. The summed E-state index contributed by atoms with van der Waals surface area (Å²) in [6, 6.07) is 11.9. The van der Waals surface area contributed by atoms with Gasteiger partial charge in [-0.25, -0.2) is 0 Å². The average Bonchev–Trinajstić information content (AvgIpc) is 3.47. The van der Waals surface area contributed by atoms with E-state index in [-0.39, 0.29) is 6.42 Å². The molecule has 2 saturated heterocycles. The van der Waals surface area contributed by atoms with E-state index in [4.69, 9.17) is 5.11 Å². The standard InChI is InChI=1S/C21H30N2O2/c24-20(25)8-11-22-12-9-21(10-13-22)14-18(17-4-2-1-3-5-17)15-23(16-21)19-6-7-19/h1-5,18-19H,6-16H2,(H,24,25)/t18-/m1/s1. The van der Waals surface area contributed by atoms with Gasteiger partial charge in [0.1, 0.15) is 0 Å². The zero-order valence-electron chi connectivity index (χ0n) is 15.1. The van der Waals surface area contributed by atoms with Crippen LogP contribution in [-0.4, -0.2) is 59.6 Å². The number of hydrogen-bond donors (Lipinski definition) is 1. The van der Waals surface area contributed by atoms with E-state index in [1.54, 1.807) is 0 Å². The molecule has 0 radical (unpaired) electrons. The van der Waals surface area contributed by atoms with Crippen LogP contribution < -0.4 is 0 Å². The van der Waals surface area contributed by atoms with Gasteiger partial charge in [0.05, 0.1) is 6.42 Å². The van der Waals surface area contributed by atoms with Crippen LogP contribution in [0.5, 0.6) is 0 Å². The van der Waals surface area contributed by atoms with Gasteiger partial charge in [-0.1, -0.05) is 30.3 Å². The summed E-state index contributed by atoms with van der Waals surface area (Å²) >= 11 is 0. The molecule has 3 fully saturated rings. The number of nitrogens with zero attached hydrogens (tertiary/aromatic N) is 2. The fraction of sp³-hybridized carbons (Fsp3) is 0.667. The highest BCUT2D eigenvalue weighted by atomic mass is 16.4. The second kappa shape index (κ2) is 7.08. The number of hydrogen-bond acceptors (Lipinski definition) is 3. The van der Waals surface area contributed by atoms with Gasteiger partial charge in [0.25, 0.3) is 0 Å². The molecule has 1 aliphatic carbocycles. The first-order valence-electron chi connectivity index (χ1n) is 9.87. The SMILES string of the molecule is O=C(O)CCN1CCC2(CC1)C[C@@H](c1ccccc1)CN(C1CC1)C2. The van der Waals surface area contributed by atoms with Gasteiger partial charge in [0, 0.05) is 25.7 Å². The zero-order valence-corrected chi connectivity index (χ0v) is 15.1. The predicted octanol–water partition coefficient (Wildman–Crippen LogP) is 3.20. The summed E-state index contributed by atoms with van der Waals surface area (Å²) in [6.07, 6.45) is 6.77. The Labute approximate surface area is 150 Å². The number of aliphatic carboxylic acids is 1. The highest BCUT2D eigenvalue weighted by Gasteiger charge is 2.45. The maximum absolute atomic E-state index is 10.8. The van der Waals surface area contributed by atoms with Crippen LogP contribution in [-0.2, 0) is 4.79 Å². The molecule has 2 aliphatic heterocycles. The summed E-state index contributed by atoms with van der Waals surface area (Å²) in [5.74, 6) is -0.0249. The number of carboxylic acid groups (broad SMARTS) is 1. The Morgan fingerprint density at radius 2 is 1.88 bits per heavy atom. The third kappa shape index (κ3) is 4.06. The summed E-state index contributed by atoms with van der Waals surface area (Å²) in [5, 5.41) is 8.92. The topological polar surface area (TPSA) is 43.8 Å². The first-order valence-corrected chi connectivity index (χ1v) is 9.87. The predicted molar refractivity (Wildman–Crippen MR) is 98.8 cm³/mol. The van der Waals surface area contributed by atoms with E-state index in [1.165, 1.54) is 50.8 Å². The zero-order chi connectivity index (χ0) is 17.3. The van der Waals surface area contributed by atoms with Gasteiger partial charge in [-0.05, 0) is 62.1 Å². The number of piperidine rings is 2. The van der Waals surface area contributed by atoms with Gasteiger partial charge in [0.15, 0.2) is 0 Å². The van der Waals surface area contributed by atoms with Crippen molar-refractivity contribution in [2.45, 2.75) is 50.5 Å². The van der Waals surface area contributed by atoms with Gasteiger partial charge in [-0.2, -0.15) is 0 Å². The van der Waals surface area contributed by atoms with E-state index < -0.39 is 5.97 Å². The van der Waals surface area contributed by atoms with Crippen molar-refractivity contribution in [3.63, 3.8) is 0 Å². The van der Waals surface area contributed by atoms with Crippen LogP contribution >= 0.6 is 0 Å². The van der Waals surface area contributed by atoms with Crippen molar-refractivity contribution in [1.29, 1.82) is 0 Å². The molecule has 1 aromatic rings. The molecule has 0 bridgehead atoms. The first-order chi connectivity index (χ1) is 12.1. The molecular weight excluding hydrogens is 312 g/mol. The van der Waals surface area contributed by atoms with Crippen molar-refractivity contribution in [2.24, 2.45) is 5.41 Å². The van der Waals surface area contributed by atoms with Crippen LogP contribution in [0.25, 0.3) is 0 Å². The summed E-state index contributed by atoms with van der Waals surface area (Å²) < 4.78 is 0. The molecule has 1 spiro atoms.